The Labute approximate surface area is 158 Å². The molecule has 7 heteroatoms. The van der Waals surface area contributed by atoms with Gasteiger partial charge in [0, 0.05) is 24.9 Å². The number of carbonyl (C=O) groups is 1. The fourth-order valence-corrected chi connectivity index (χ4v) is 3.32. The van der Waals surface area contributed by atoms with E-state index >= 15 is 0 Å². The van der Waals surface area contributed by atoms with Gasteiger partial charge in [-0.15, -0.1) is 10.2 Å². The van der Waals surface area contributed by atoms with Crippen molar-refractivity contribution in [3.05, 3.63) is 36.0 Å². The Morgan fingerprint density at radius 1 is 1.00 bits per heavy atom. The van der Waals surface area contributed by atoms with Gasteiger partial charge in [-0.05, 0) is 56.9 Å². The molecule has 1 aromatic carbocycles. The molecule has 0 radical (unpaired) electrons. The van der Waals surface area contributed by atoms with Crippen molar-refractivity contribution in [1.29, 1.82) is 0 Å². The smallest absolute Gasteiger partial charge is 0.260 e. The summed E-state index contributed by atoms with van der Waals surface area (Å²) in [5.74, 6) is 3.71. The van der Waals surface area contributed by atoms with Crippen molar-refractivity contribution in [2.75, 3.05) is 26.3 Å². The maximum absolute atomic E-state index is 12.4. The van der Waals surface area contributed by atoms with E-state index in [9.17, 15) is 4.79 Å². The molecule has 2 aliphatic rings. The molecule has 1 aliphatic carbocycles. The molecule has 27 heavy (non-hydrogen) atoms. The van der Waals surface area contributed by atoms with Gasteiger partial charge in [-0.2, -0.15) is 0 Å². The minimum Gasteiger partial charge on any atom is -0.494 e. The summed E-state index contributed by atoms with van der Waals surface area (Å²) in [6, 6.07) is 7.32. The molecule has 4 rings (SSSR count). The lowest BCUT2D eigenvalue weighted by Gasteiger charge is -2.30. The van der Waals surface area contributed by atoms with Crippen LogP contribution in [0.1, 0.15) is 56.2 Å². The molecule has 1 saturated carbocycles. The fourth-order valence-electron chi connectivity index (χ4n) is 3.32. The second-order valence-corrected chi connectivity index (χ2v) is 7.10. The summed E-state index contributed by atoms with van der Waals surface area (Å²) >= 11 is 0. The average molecular weight is 371 g/mol. The van der Waals surface area contributed by atoms with Crippen molar-refractivity contribution < 1.29 is 18.7 Å². The van der Waals surface area contributed by atoms with Crippen LogP contribution in [0.25, 0.3) is 0 Å². The molecule has 1 amide bonds. The van der Waals surface area contributed by atoms with Crippen LogP contribution in [0, 0.1) is 0 Å². The molecule has 1 aliphatic heterocycles. The zero-order valence-electron chi connectivity index (χ0n) is 15.6. The number of hydrogen-bond acceptors (Lipinski definition) is 6. The predicted octanol–water partition coefficient (Wildman–Crippen LogP) is 3.13. The average Bonchev–Trinajstić information content (AvgIpc) is 3.44. The summed E-state index contributed by atoms with van der Waals surface area (Å²) in [5, 5.41) is 8.37. The first-order valence-corrected chi connectivity index (χ1v) is 9.69. The van der Waals surface area contributed by atoms with E-state index in [2.05, 4.69) is 10.2 Å². The van der Waals surface area contributed by atoms with Gasteiger partial charge in [-0.3, -0.25) is 4.79 Å². The van der Waals surface area contributed by atoms with Crippen LogP contribution in [-0.2, 0) is 4.79 Å². The van der Waals surface area contributed by atoms with Gasteiger partial charge in [0.2, 0.25) is 11.8 Å². The maximum atomic E-state index is 12.4. The van der Waals surface area contributed by atoms with Crippen LogP contribution < -0.4 is 9.47 Å². The molecule has 2 aromatic rings. The Kier molecular flexibility index (Phi) is 5.27. The predicted molar refractivity (Wildman–Crippen MR) is 97.9 cm³/mol. The van der Waals surface area contributed by atoms with Crippen LogP contribution in [0.5, 0.6) is 11.5 Å². The molecule has 0 unspecified atom stereocenters. The molecule has 2 heterocycles. The van der Waals surface area contributed by atoms with Gasteiger partial charge in [0.1, 0.15) is 11.5 Å². The molecule has 0 atom stereocenters. The monoisotopic (exact) mass is 371 g/mol. The van der Waals surface area contributed by atoms with Crippen LogP contribution in [-0.4, -0.2) is 47.3 Å². The van der Waals surface area contributed by atoms with Gasteiger partial charge >= 0.3 is 0 Å². The topological polar surface area (TPSA) is 77.7 Å². The van der Waals surface area contributed by atoms with Crippen LogP contribution in [0.2, 0.25) is 0 Å². The number of carbonyl (C=O) groups excluding carboxylic acids is 1. The SMILES string of the molecule is CCOc1ccc(OCC(=O)N2CCC(c3nnc(C4CC4)o3)CC2)cc1. The number of aromatic nitrogens is 2. The van der Waals surface area contributed by atoms with Gasteiger partial charge in [0.15, 0.2) is 6.61 Å². The highest BCUT2D eigenvalue weighted by Gasteiger charge is 2.32. The van der Waals surface area contributed by atoms with Gasteiger partial charge < -0.3 is 18.8 Å². The zero-order chi connectivity index (χ0) is 18.6. The summed E-state index contributed by atoms with van der Waals surface area (Å²) < 4.78 is 16.8. The highest BCUT2D eigenvalue weighted by atomic mass is 16.5. The van der Waals surface area contributed by atoms with Crippen molar-refractivity contribution in [2.24, 2.45) is 0 Å². The van der Waals surface area contributed by atoms with E-state index in [-0.39, 0.29) is 18.4 Å². The quantitative estimate of drug-likeness (QED) is 0.744. The maximum Gasteiger partial charge on any atom is 0.260 e. The summed E-state index contributed by atoms with van der Waals surface area (Å²) in [5.41, 5.74) is 0. The Balaban J connectivity index is 1.23. The Morgan fingerprint density at radius 2 is 1.56 bits per heavy atom. The molecule has 7 nitrogen and oxygen atoms in total. The second-order valence-electron chi connectivity index (χ2n) is 7.10. The van der Waals surface area contributed by atoms with E-state index in [1.807, 2.05) is 36.1 Å². The molecule has 2 fully saturated rings. The molecule has 0 N–H and O–H groups in total. The number of rotatable bonds is 7. The zero-order valence-corrected chi connectivity index (χ0v) is 15.6. The molecule has 1 aromatic heterocycles. The summed E-state index contributed by atoms with van der Waals surface area (Å²) in [6.07, 6.45) is 4.01. The number of likely N-dealkylation sites (tertiary alicyclic amines) is 1. The van der Waals surface area contributed by atoms with E-state index in [4.69, 9.17) is 13.9 Å². The fraction of sp³-hybridized carbons (Fsp3) is 0.550. The summed E-state index contributed by atoms with van der Waals surface area (Å²) in [4.78, 5) is 14.3. The third-order valence-corrected chi connectivity index (χ3v) is 5.08. The first kappa shape index (κ1) is 17.8. The van der Waals surface area contributed by atoms with Crippen LogP contribution >= 0.6 is 0 Å². The van der Waals surface area contributed by atoms with E-state index in [1.165, 1.54) is 0 Å². The Morgan fingerprint density at radius 3 is 2.11 bits per heavy atom. The minimum absolute atomic E-state index is 0.00605. The highest BCUT2D eigenvalue weighted by Crippen LogP contribution is 2.40. The number of benzene rings is 1. The molecular weight excluding hydrogens is 346 g/mol. The third kappa shape index (κ3) is 4.40. The van der Waals surface area contributed by atoms with E-state index < -0.39 is 0 Å². The standard InChI is InChI=1S/C20H25N3O4/c1-2-25-16-5-7-17(8-6-16)26-13-18(24)23-11-9-15(10-12-23)20-22-21-19(27-20)14-3-4-14/h5-8,14-15H,2-4,9-13H2,1H3. The second kappa shape index (κ2) is 7.98. The Hall–Kier alpha value is -2.57. The van der Waals surface area contributed by atoms with Crippen LogP contribution in [0.3, 0.4) is 0 Å². The number of nitrogens with zero attached hydrogens (tertiary/aromatic N) is 3. The molecular formula is C20H25N3O4. The van der Waals surface area contributed by atoms with Crippen molar-refractivity contribution in [2.45, 2.75) is 44.4 Å². The first-order chi connectivity index (χ1) is 13.2. The minimum atomic E-state index is 0.00605. The van der Waals surface area contributed by atoms with E-state index in [1.54, 1.807) is 0 Å². The summed E-state index contributed by atoms with van der Waals surface area (Å²) in [6.45, 7) is 4.00. The molecule has 144 valence electrons. The van der Waals surface area contributed by atoms with Gasteiger partial charge in [0.25, 0.3) is 5.91 Å². The van der Waals surface area contributed by atoms with E-state index in [0.717, 1.165) is 43.2 Å². The number of piperidine rings is 1. The summed E-state index contributed by atoms with van der Waals surface area (Å²) in [7, 11) is 0. The van der Waals surface area contributed by atoms with Crippen LogP contribution in [0.4, 0.5) is 0 Å². The molecule has 0 bridgehead atoms. The van der Waals surface area contributed by atoms with Crippen molar-refractivity contribution in [3.8, 4) is 11.5 Å². The number of amides is 1. The van der Waals surface area contributed by atoms with Gasteiger partial charge in [0.05, 0.1) is 6.61 Å². The normalized spacial score (nSPS) is 17.7. The lowest BCUT2D eigenvalue weighted by atomic mass is 9.97. The van der Waals surface area contributed by atoms with Crippen LogP contribution in [0.15, 0.2) is 28.7 Å². The van der Waals surface area contributed by atoms with Gasteiger partial charge in [-0.25, -0.2) is 0 Å². The largest absolute Gasteiger partial charge is 0.494 e. The molecule has 0 spiro atoms. The van der Waals surface area contributed by atoms with E-state index in [0.29, 0.717) is 31.4 Å². The number of ether oxygens (including phenoxy) is 2. The third-order valence-electron chi connectivity index (χ3n) is 5.08. The van der Waals surface area contributed by atoms with Crippen molar-refractivity contribution in [3.63, 3.8) is 0 Å². The molecule has 1 saturated heterocycles. The number of hydrogen-bond donors (Lipinski definition) is 0. The van der Waals surface area contributed by atoms with Crippen molar-refractivity contribution >= 4 is 5.91 Å². The van der Waals surface area contributed by atoms with Crippen molar-refractivity contribution in [1.82, 2.24) is 15.1 Å². The first-order valence-electron chi connectivity index (χ1n) is 9.69. The lowest BCUT2D eigenvalue weighted by molar-refractivity contribution is -0.134. The van der Waals surface area contributed by atoms with Gasteiger partial charge in [-0.1, -0.05) is 0 Å². The lowest BCUT2D eigenvalue weighted by Crippen LogP contribution is -2.40. The highest BCUT2D eigenvalue weighted by molar-refractivity contribution is 5.77. The Bertz CT molecular complexity index is 762.